The fourth-order valence-electron chi connectivity index (χ4n) is 1.78. The Morgan fingerprint density at radius 1 is 1.35 bits per heavy atom. The molecule has 1 atom stereocenters. The Labute approximate surface area is 107 Å². The molecule has 17 heavy (non-hydrogen) atoms. The number of nitrogens with one attached hydrogen (secondary N) is 1. The molecule has 0 radical (unpaired) electrons. The van der Waals surface area contributed by atoms with Gasteiger partial charge in [-0.2, -0.15) is 0 Å². The second-order valence-corrected chi connectivity index (χ2v) is 5.42. The molecule has 1 aromatic carbocycles. The predicted molar refractivity (Wildman–Crippen MR) is 69.5 cm³/mol. The molecule has 0 aliphatic heterocycles. The minimum absolute atomic E-state index is 0.585. The molecule has 0 fully saturated rings. The highest BCUT2D eigenvalue weighted by atomic mass is 35.5. The minimum atomic E-state index is -0.716. The lowest BCUT2D eigenvalue weighted by atomic mass is 10.1. The number of thiazole rings is 1. The second kappa shape index (κ2) is 4.14. The molecule has 0 amide bonds. The van der Waals surface area contributed by atoms with E-state index in [-0.39, 0.29) is 0 Å². The number of benzene rings is 1. The molecule has 0 spiro atoms. The van der Waals surface area contributed by atoms with Gasteiger partial charge in [0.1, 0.15) is 15.4 Å². The Balaban J connectivity index is 2.02. The van der Waals surface area contributed by atoms with E-state index in [9.17, 15) is 5.11 Å². The molecule has 0 bridgehead atoms. The lowest BCUT2D eigenvalue weighted by Gasteiger charge is -2.07. The van der Waals surface area contributed by atoms with E-state index in [2.05, 4.69) is 9.97 Å². The molecular weight excluding hydrogens is 256 g/mol. The van der Waals surface area contributed by atoms with Gasteiger partial charge >= 0.3 is 0 Å². The van der Waals surface area contributed by atoms with Crippen LogP contribution >= 0.6 is 22.9 Å². The summed E-state index contributed by atoms with van der Waals surface area (Å²) < 4.78 is 0.585. The summed E-state index contributed by atoms with van der Waals surface area (Å²) >= 11 is 7.10. The van der Waals surface area contributed by atoms with Gasteiger partial charge in [-0.1, -0.05) is 17.7 Å². The lowest BCUT2D eigenvalue weighted by molar-refractivity contribution is 0.220. The number of aliphatic hydroxyl groups excluding tert-OH is 1. The van der Waals surface area contributed by atoms with Crippen molar-refractivity contribution < 1.29 is 5.11 Å². The van der Waals surface area contributed by atoms with Crippen LogP contribution in [0.1, 0.15) is 16.7 Å². The van der Waals surface area contributed by atoms with Crippen LogP contribution in [0.2, 0.25) is 4.34 Å². The van der Waals surface area contributed by atoms with Crippen molar-refractivity contribution >= 4 is 33.8 Å². The highest BCUT2D eigenvalue weighted by Crippen LogP contribution is 2.29. The van der Waals surface area contributed by atoms with E-state index in [1.807, 2.05) is 30.5 Å². The zero-order valence-electron chi connectivity index (χ0n) is 8.72. The Morgan fingerprint density at radius 3 is 3.00 bits per heavy atom. The van der Waals surface area contributed by atoms with Gasteiger partial charge in [0.15, 0.2) is 0 Å². The first-order valence-corrected chi connectivity index (χ1v) is 6.30. The molecule has 1 unspecified atom stereocenters. The van der Waals surface area contributed by atoms with E-state index in [0.29, 0.717) is 9.34 Å². The summed E-state index contributed by atoms with van der Waals surface area (Å²) in [5.74, 6) is 0. The standard InChI is InChI=1S/C12H9ClN2OS/c13-10-6-15-12(17-10)11(16)8-1-2-9-7(5-8)3-4-14-9/h1-6,11,14,16H. The van der Waals surface area contributed by atoms with Crippen molar-refractivity contribution in [2.24, 2.45) is 0 Å². The number of aromatic amines is 1. The summed E-state index contributed by atoms with van der Waals surface area (Å²) in [5, 5.41) is 11.9. The van der Waals surface area contributed by atoms with Crippen molar-refractivity contribution in [3.05, 3.63) is 51.6 Å². The number of hydrogen-bond donors (Lipinski definition) is 2. The Hall–Kier alpha value is -1.36. The van der Waals surface area contributed by atoms with Gasteiger partial charge in [0, 0.05) is 11.7 Å². The number of fused-ring (bicyclic) bond motifs is 1. The third-order valence-electron chi connectivity index (χ3n) is 2.62. The average Bonchev–Trinajstić information content (AvgIpc) is 2.95. The van der Waals surface area contributed by atoms with Crippen LogP contribution in [0.15, 0.2) is 36.7 Å². The van der Waals surface area contributed by atoms with Gasteiger partial charge in [-0.05, 0) is 29.1 Å². The van der Waals surface area contributed by atoms with Gasteiger partial charge in [0.2, 0.25) is 0 Å². The van der Waals surface area contributed by atoms with Crippen molar-refractivity contribution in [2.75, 3.05) is 0 Å². The molecule has 0 saturated carbocycles. The number of hydrogen-bond acceptors (Lipinski definition) is 3. The van der Waals surface area contributed by atoms with E-state index in [0.717, 1.165) is 16.5 Å². The van der Waals surface area contributed by atoms with E-state index in [1.165, 1.54) is 11.3 Å². The fourth-order valence-corrected chi connectivity index (χ4v) is 2.72. The first kappa shape index (κ1) is 10.8. The molecule has 0 aliphatic carbocycles. The van der Waals surface area contributed by atoms with Crippen LogP contribution in [0.25, 0.3) is 10.9 Å². The molecule has 3 rings (SSSR count). The fraction of sp³-hybridized carbons (Fsp3) is 0.0833. The molecule has 3 nitrogen and oxygen atoms in total. The van der Waals surface area contributed by atoms with Crippen molar-refractivity contribution in [1.82, 2.24) is 9.97 Å². The number of aliphatic hydroxyl groups is 1. The van der Waals surface area contributed by atoms with Crippen LogP contribution in [0.4, 0.5) is 0 Å². The molecule has 0 aliphatic rings. The smallest absolute Gasteiger partial charge is 0.131 e. The van der Waals surface area contributed by atoms with Crippen LogP contribution in [0.5, 0.6) is 0 Å². The summed E-state index contributed by atoms with van der Waals surface area (Å²) in [6, 6.07) is 7.76. The predicted octanol–water partition coefficient (Wildman–Crippen LogP) is 3.36. The maximum absolute atomic E-state index is 10.2. The molecule has 2 N–H and O–H groups in total. The lowest BCUT2D eigenvalue weighted by Crippen LogP contribution is -1.98. The van der Waals surface area contributed by atoms with Crippen molar-refractivity contribution in [2.45, 2.75) is 6.10 Å². The molecule has 2 heterocycles. The maximum atomic E-state index is 10.2. The van der Waals surface area contributed by atoms with E-state index >= 15 is 0 Å². The summed E-state index contributed by atoms with van der Waals surface area (Å²) in [4.78, 5) is 7.20. The van der Waals surface area contributed by atoms with Crippen molar-refractivity contribution in [3.63, 3.8) is 0 Å². The van der Waals surface area contributed by atoms with Gasteiger partial charge < -0.3 is 10.1 Å². The van der Waals surface area contributed by atoms with Gasteiger partial charge in [-0.3, -0.25) is 0 Å². The number of nitrogens with zero attached hydrogens (tertiary/aromatic N) is 1. The number of H-pyrrole nitrogens is 1. The topological polar surface area (TPSA) is 48.9 Å². The molecular formula is C12H9ClN2OS. The summed E-state index contributed by atoms with van der Waals surface area (Å²) in [6.45, 7) is 0. The van der Waals surface area contributed by atoms with E-state index in [4.69, 9.17) is 11.6 Å². The van der Waals surface area contributed by atoms with Gasteiger partial charge in [0.05, 0.1) is 6.20 Å². The van der Waals surface area contributed by atoms with Crippen molar-refractivity contribution in [1.29, 1.82) is 0 Å². The minimum Gasteiger partial charge on any atom is -0.381 e. The highest BCUT2D eigenvalue weighted by molar-refractivity contribution is 7.15. The summed E-state index contributed by atoms with van der Waals surface area (Å²) in [5.41, 5.74) is 1.88. The summed E-state index contributed by atoms with van der Waals surface area (Å²) in [7, 11) is 0. The van der Waals surface area contributed by atoms with Crippen molar-refractivity contribution in [3.8, 4) is 0 Å². The van der Waals surface area contributed by atoms with Crippen LogP contribution in [-0.2, 0) is 0 Å². The third kappa shape index (κ3) is 1.95. The average molecular weight is 265 g/mol. The normalized spacial score (nSPS) is 13.1. The first-order chi connectivity index (χ1) is 8.24. The van der Waals surface area contributed by atoms with E-state index < -0.39 is 6.10 Å². The largest absolute Gasteiger partial charge is 0.381 e. The molecule has 0 saturated heterocycles. The van der Waals surface area contributed by atoms with Gasteiger partial charge in [-0.25, -0.2) is 4.98 Å². The monoisotopic (exact) mass is 264 g/mol. The van der Waals surface area contributed by atoms with Crippen LogP contribution in [0, 0.1) is 0 Å². The number of aromatic nitrogens is 2. The molecule has 86 valence electrons. The van der Waals surface area contributed by atoms with Crippen LogP contribution in [0.3, 0.4) is 0 Å². The molecule has 2 aromatic heterocycles. The Kier molecular flexibility index (Phi) is 2.63. The second-order valence-electron chi connectivity index (χ2n) is 3.73. The van der Waals surface area contributed by atoms with Gasteiger partial charge in [0.25, 0.3) is 0 Å². The molecule has 5 heteroatoms. The quantitative estimate of drug-likeness (QED) is 0.746. The number of rotatable bonds is 2. The Bertz CT molecular complexity index is 661. The summed E-state index contributed by atoms with van der Waals surface area (Å²) in [6.07, 6.45) is 2.72. The van der Waals surface area contributed by atoms with Crippen LogP contribution < -0.4 is 0 Å². The third-order valence-corrected chi connectivity index (χ3v) is 3.79. The SMILES string of the molecule is OC(c1ccc2[nH]ccc2c1)c1ncc(Cl)s1. The Morgan fingerprint density at radius 2 is 2.24 bits per heavy atom. The zero-order valence-corrected chi connectivity index (χ0v) is 10.3. The first-order valence-electron chi connectivity index (χ1n) is 5.10. The van der Waals surface area contributed by atoms with E-state index in [1.54, 1.807) is 6.20 Å². The van der Waals surface area contributed by atoms with Crippen LogP contribution in [-0.4, -0.2) is 15.1 Å². The molecule has 3 aromatic rings. The van der Waals surface area contributed by atoms with Gasteiger partial charge in [-0.15, -0.1) is 11.3 Å². The maximum Gasteiger partial charge on any atom is 0.131 e. The highest BCUT2D eigenvalue weighted by Gasteiger charge is 2.14. The number of halogens is 1. The zero-order chi connectivity index (χ0) is 11.8.